The molecule has 1 aliphatic heterocycles. The minimum atomic E-state index is -0.257. The highest BCUT2D eigenvalue weighted by molar-refractivity contribution is 5.81. The second kappa shape index (κ2) is 5.90. The van der Waals surface area contributed by atoms with Gasteiger partial charge in [0.1, 0.15) is 0 Å². The lowest BCUT2D eigenvalue weighted by molar-refractivity contribution is -0.135. The van der Waals surface area contributed by atoms with Gasteiger partial charge in [-0.3, -0.25) is 9.59 Å². The van der Waals surface area contributed by atoms with Crippen molar-refractivity contribution in [1.82, 2.24) is 9.80 Å². The fraction of sp³-hybridized carbons (Fsp3) is 0.857. The monoisotopic (exact) mass is 268 g/mol. The maximum absolute atomic E-state index is 12.3. The molecule has 2 amide bonds. The maximum atomic E-state index is 12.3. The number of aliphatic hydroxyl groups excluding tert-OH is 1. The summed E-state index contributed by atoms with van der Waals surface area (Å²) < 4.78 is 0. The molecular formula is C14H24N2O3. The molecule has 2 fully saturated rings. The van der Waals surface area contributed by atoms with Crippen LogP contribution in [-0.4, -0.2) is 59.5 Å². The average molecular weight is 268 g/mol. The molecule has 5 nitrogen and oxygen atoms in total. The van der Waals surface area contributed by atoms with Crippen LogP contribution in [-0.2, 0) is 9.59 Å². The van der Waals surface area contributed by atoms with Gasteiger partial charge in [-0.1, -0.05) is 6.42 Å². The van der Waals surface area contributed by atoms with Gasteiger partial charge in [0.25, 0.3) is 0 Å². The number of amides is 2. The molecule has 0 bridgehead atoms. The van der Waals surface area contributed by atoms with Crippen LogP contribution < -0.4 is 0 Å². The third-order valence-electron chi connectivity index (χ3n) is 4.49. The Hall–Kier alpha value is -1.10. The third-order valence-corrected chi connectivity index (χ3v) is 4.49. The van der Waals surface area contributed by atoms with Gasteiger partial charge in [0.2, 0.25) is 11.8 Å². The molecule has 2 rings (SSSR count). The van der Waals surface area contributed by atoms with Crippen LogP contribution in [0.4, 0.5) is 0 Å². The summed E-state index contributed by atoms with van der Waals surface area (Å²) in [5, 5.41) is 9.81. The quantitative estimate of drug-likeness (QED) is 0.809. The second-order valence-corrected chi connectivity index (χ2v) is 5.93. The minimum Gasteiger partial charge on any atom is -0.393 e. The zero-order valence-electron chi connectivity index (χ0n) is 11.8. The van der Waals surface area contributed by atoms with Crippen LogP contribution in [0.1, 0.15) is 32.6 Å². The van der Waals surface area contributed by atoms with Gasteiger partial charge in [-0.2, -0.15) is 0 Å². The minimum absolute atomic E-state index is 0.0455. The third kappa shape index (κ3) is 3.26. The Morgan fingerprint density at radius 2 is 2.05 bits per heavy atom. The predicted octanol–water partition coefficient (Wildman–Crippen LogP) is 0.474. The Labute approximate surface area is 114 Å². The molecule has 1 saturated heterocycles. The molecule has 1 aliphatic carbocycles. The van der Waals surface area contributed by atoms with Gasteiger partial charge >= 0.3 is 0 Å². The Kier molecular flexibility index (Phi) is 4.45. The number of hydrogen-bond acceptors (Lipinski definition) is 3. The summed E-state index contributed by atoms with van der Waals surface area (Å²) in [6.07, 6.45) is 3.41. The van der Waals surface area contributed by atoms with Crippen molar-refractivity contribution in [2.24, 2.45) is 11.8 Å². The molecule has 1 saturated carbocycles. The first kappa shape index (κ1) is 14.3. The van der Waals surface area contributed by atoms with Crippen LogP contribution >= 0.6 is 0 Å². The normalized spacial score (nSPS) is 30.7. The average Bonchev–Trinajstić information content (AvgIpc) is 2.98. The first-order valence-corrected chi connectivity index (χ1v) is 7.17. The Morgan fingerprint density at radius 3 is 2.58 bits per heavy atom. The van der Waals surface area contributed by atoms with E-state index < -0.39 is 0 Å². The highest BCUT2D eigenvalue weighted by Gasteiger charge is 2.33. The molecule has 0 aromatic carbocycles. The summed E-state index contributed by atoms with van der Waals surface area (Å²) >= 11 is 0. The van der Waals surface area contributed by atoms with Crippen molar-refractivity contribution in [3.8, 4) is 0 Å². The summed E-state index contributed by atoms with van der Waals surface area (Å²) in [6.45, 7) is 3.42. The molecule has 0 radical (unpaired) electrons. The molecular weight excluding hydrogens is 244 g/mol. The van der Waals surface area contributed by atoms with E-state index in [2.05, 4.69) is 0 Å². The van der Waals surface area contributed by atoms with E-state index in [0.717, 1.165) is 25.7 Å². The largest absolute Gasteiger partial charge is 0.393 e. The molecule has 3 unspecified atom stereocenters. The van der Waals surface area contributed by atoms with Crippen molar-refractivity contribution in [1.29, 1.82) is 0 Å². The van der Waals surface area contributed by atoms with Crippen LogP contribution in [0.2, 0.25) is 0 Å². The summed E-state index contributed by atoms with van der Waals surface area (Å²) in [5.41, 5.74) is 0. The predicted molar refractivity (Wildman–Crippen MR) is 71.3 cm³/mol. The van der Waals surface area contributed by atoms with Gasteiger partial charge in [-0.25, -0.2) is 0 Å². The summed E-state index contributed by atoms with van der Waals surface area (Å²) in [5.74, 6) is 0.318. The van der Waals surface area contributed by atoms with Crippen LogP contribution in [0.25, 0.3) is 0 Å². The van der Waals surface area contributed by atoms with Crippen molar-refractivity contribution < 1.29 is 14.7 Å². The molecule has 1 heterocycles. The van der Waals surface area contributed by atoms with Crippen molar-refractivity contribution in [3.05, 3.63) is 0 Å². The van der Waals surface area contributed by atoms with Gasteiger partial charge in [-0.15, -0.1) is 0 Å². The molecule has 0 aromatic heterocycles. The molecule has 5 heteroatoms. The number of carbonyl (C=O) groups excluding carboxylic acids is 2. The van der Waals surface area contributed by atoms with Gasteiger partial charge in [0.15, 0.2) is 0 Å². The van der Waals surface area contributed by atoms with Gasteiger partial charge < -0.3 is 14.9 Å². The Morgan fingerprint density at radius 1 is 1.32 bits per heavy atom. The van der Waals surface area contributed by atoms with E-state index in [4.69, 9.17) is 0 Å². The molecule has 0 spiro atoms. The van der Waals surface area contributed by atoms with Gasteiger partial charge in [0.05, 0.1) is 12.0 Å². The van der Waals surface area contributed by atoms with Crippen LogP contribution in [0.5, 0.6) is 0 Å². The number of hydrogen-bond donors (Lipinski definition) is 1. The summed E-state index contributed by atoms with van der Waals surface area (Å²) in [4.78, 5) is 27.1. The van der Waals surface area contributed by atoms with Gasteiger partial charge in [0, 0.05) is 39.5 Å². The summed E-state index contributed by atoms with van der Waals surface area (Å²) in [6, 6.07) is 0. The van der Waals surface area contributed by atoms with E-state index in [1.807, 2.05) is 7.05 Å². The fourth-order valence-electron chi connectivity index (χ4n) is 3.23. The van der Waals surface area contributed by atoms with Crippen molar-refractivity contribution in [3.63, 3.8) is 0 Å². The molecule has 19 heavy (non-hydrogen) atoms. The lowest BCUT2D eigenvalue weighted by atomic mass is 10.0. The smallest absolute Gasteiger partial charge is 0.227 e. The highest BCUT2D eigenvalue weighted by atomic mass is 16.3. The molecule has 0 aromatic rings. The molecule has 2 aliphatic rings. The van der Waals surface area contributed by atoms with E-state index in [1.54, 1.807) is 16.7 Å². The van der Waals surface area contributed by atoms with E-state index in [-0.39, 0.29) is 29.8 Å². The first-order valence-electron chi connectivity index (χ1n) is 7.17. The Bertz CT molecular complexity index is 359. The fourth-order valence-corrected chi connectivity index (χ4v) is 3.23. The highest BCUT2D eigenvalue weighted by Crippen LogP contribution is 2.27. The van der Waals surface area contributed by atoms with E-state index in [1.165, 1.54) is 0 Å². The van der Waals surface area contributed by atoms with Crippen molar-refractivity contribution in [2.75, 3.05) is 26.7 Å². The van der Waals surface area contributed by atoms with E-state index in [0.29, 0.717) is 19.6 Å². The van der Waals surface area contributed by atoms with Crippen LogP contribution in [0.15, 0.2) is 0 Å². The Balaban J connectivity index is 1.84. The topological polar surface area (TPSA) is 60.9 Å². The number of likely N-dealkylation sites (tertiary alicyclic amines) is 1. The second-order valence-electron chi connectivity index (χ2n) is 5.93. The lowest BCUT2D eigenvalue weighted by Crippen LogP contribution is -2.39. The van der Waals surface area contributed by atoms with E-state index >= 15 is 0 Å². The zero-order chi connectivity index (χ0) is 14.0. The lowest BCUT2D eigenvalue weighted by Gasteiger charge is -2.25. The van der Waals surface area contributed by atoms with Crippen LogP contribution in [0, 0.1) is 11.8 Å². The molecule has 108 valence electrons. The number of carbonyl (C=O) groups is 2. The number of aliphatic hydroxyl groups is 1. The number of nitrogens with zero attached hydrogens (tertiary/aromatic N) is 2. The zero-order valence-corrected chi connectivity index (χ0v) is 11.8. The van der Waals surface area contributed by atoms with Crippen molar-refractivity contribution in [2.45, 2.75) is 38.7 Å². The molecule has 3 atom stereocenters. The maximum Gasteiger partial charge on any atom is 0.227 e. The standard InChI is InChI=1S/C14H24N2O3/c1-10(17)16-7-6-12(9-16)14(19)15(2)8-11-4-3-5-13(11)18/h11-13,18H,3-9H2,1-2H3. The summed E-state index contributed by atoms with van der Waals surface area (Å²) in [7, 11) is 1.81. The number of rotatable bonds is 3. The van der Waals surface area contributed by atoms with E-state index in [9.17, 15) is 14.7 Å². The SMILES string of the molecule is CC(=O)N1CCC(C(=O)N(C)CC2CCCC2O)C1. The molecule has 1 N–H and O–H groups in total. The van der Waals surface area contributed by atoms with Crippen molar-refractivity contribution >= 4 is 11.8 Å². The van der Waals surface area contributed by atoms with Crippen LogP contribution in [0.3, 0.4) is 0 Å². The van der Waals surface area contributed by atoms with Gasteiger partial charge in [-0.05, 0) is 19.3 Å². The first-order chi connectivity index (χ1) is 8.99.